The van der Waals surface area contributed by atoms with Gasteiger partial charge in [0.25, 0.3) is 0 Å². The first kappa shape index (κ1) is 23.1. The predicted molar refractivity (Wildman–Crippen MR) is 112 cm³/mol. The molecule has 0 unspecified atom stereocenters. The first-order valence-corrected chi connectivity index (χ1v) is 12.0. The molecule has 2 aromatic carbocycles. The molecule has 1 aliphatic heterocycles. The van der Waals surface area contributed by atoms with Gasteiger partial charge in [-0.2, -0.15) is 0 Å². The van der Waals surface area contributed by atoms with Crippen LogP contribution in [0.15, 0.2) is 58.3 Å². The summed E-state index contributed by atoms with van der Waals surface area (Å²) in [4.78, 5) is 0.214. The second-order valence-corrected chi connectivity index (χ2v) is 9.74. The van der Waals surface area contributed by atoms with Gasteiger partial charge >= 0.3 is 0 Å². The molecule has 0 aromatic heterocycles. The first-order chi connectivity index (χ1) is 13.6. The van der Waals surface area contributed by atoms with E-state index < -0.39 is 20.0 Å². The number of primary sulfonamides is 2. The molecule has 1 fully saturated rings. The lowest BCUT2D eigenvalue weighted by Crippen LogP contribution is -2.22. The Hall–Kier alpha value is -2.18. The van der Waals surface area contributed by atoms with E-state index in [2.05, 4.69) is 5.32 Å². The molecule has 0 bridgehead atoms. The summed E-state index contributed by atoms with van der Waals surface area (Å²) in [5.74, 6) is 0.622. The van der Waals surface area contributed by atoms with Crippen molar-refractivity contribution in [2.45, 2.75) is 22.6 Å². The van der Waals surface area contributed by atoms with E-state index in [1.165, 1.54) is 36.4 Å². The van der Waals surface area contributed by atoms with E-state index in [1.807, 2.05) is 0 Å². The number of ether oxygens (including phenoxy) is 1. The highest BCUT2D eigenvalue weighted by Crippen LogP contribution is 2.17. The predicted octanol–water partition coefficient (Wildman–Crippen LogP) is 1.09. The lowest BCUT2D eigenvalue weighted by Gasteiger charge is -2.22. The Bertz CT molecular complexity index is 986. The van der Waals surface area contributed by atoms with Crippen LogP contribution in [0.1, 0.15) is 12.8 Å². The summed E-state index contributed by atoms with van der Waals surface area (Å²) in [6, 6.07) is 12.2. The van der Waals surface area contributed by atoms with Crippen molar-refractivity contribution in [3.8, 4) is 0 Å². The summed E-state index contributed by atoms with van der Waals surface area (Å²) in [5, 5.41) is 13.2. The van der Waals surface area contributed by atoms with Crippen LogP contribution in [0, 0.1) is 5.92 Å². The summed E-state index contributed by atoms with van der Waals surface area (Å²) < 4.78 is 48.8. The number of rotatable bonds is 5. The third-order valence-corrected chi connectivity index (χ3v) is 6.19. The average molecular weight is 443 g/mol. The molecule has 3 rings (SSSR count). The molecule has 160 valence electrons. The van der Waals surface area contributed by atoms with Crippen molar-refractivity contribution in [3.05, 3.63) is 48.5 Å². The van der Waals surface area contributed by atoms with Gasteiger partial charge in [-0.1, -0.05) is 0 Å². The molecule has 11 heteroatoms. The molecule has 1 heterocycles. The highest BCUT2D eigenvalue weighted by molar-refractivity contribution is 7.89. The maximum atomic E-state index is 11.1. The number of hydrogen-bond acceptors (Lipinski definition) is 7. The Balaban J connectivity index is 0.000000234. The van der Waals surface area contributed by atoms with Crippen LogP contribution >= 0.6 is 0 Å². The highest BCUT2D eigenvalue weighted by atomic mass is 32.2. The molecular formula is C18H26N4O5S2. The summed E-state index contributed by atoms with van der Waals surface area (Å²) in [7, 11) is -7.17. The molecule has 0 radical (unpaired) electrons. The van der Waals surface area contributed by atoms with Crippen molar-refractivity contribution in [2.75, 3.05) is 30.8 Å². The zero-order valence-corrected chi connectivity index (χ0v) is 17.5. The Labute approximate surface area is 171 Å². The van der Waals surface area contributed by atoms with Gasteiger partial charge in [0.05, 0.1) is 9.79 Å². The third kappa shape index (κ3) is 7.99. The van der Waals surface area contributed by atoms with E-state index in [1.54, 1.807) is 12.1 Å². The second-order valence-electron chi connectivity index (χ2n) is 6.62. The van der Waals surface area contributed by atoms with E-state index in [0.29, 0.717) is 11.6 Å². The van der Waals surface area contributed by atoms with Gasteiger partial charge in [0.15, 0.2) is 0 Å². The molecule has 0 atom stereocenters. The van der Waals surface area contributed by atoms with Gasteiger partial charge in [0.1, 0.15) is 0 Å². The van der Waals surface area contributed by atoms with Crippen LogP contribution in [0.4, 0.5) is 11.4 Å². The van der Waals surface area contributed by atoms with Crippen LogP contribution < -0.4 is 21.3 Å². The Kier molecular flexibility index (Phi) is 7.99. The second kappa shape index (κ2) is 10.0. The average Bonchev–Trinajstić information content (AvgIpc) is 2.67. The van der Waals surface area contributed by atoms with Crippen LogP contribution in [0.5, 0.6) is 0 Å². The van der Waals surface area contributed by atoms with Crippen LogP contribution in [0.2, 0.25) is 0 Å². The number of nitrogens with one attached hydrogen (secondary N) is 1. The lowest BCUT2D eigenvalue weighted by atomic mass is 10.0. The normalized spacial score (nSPS) is 15.2. The van der Waals surface area contributed by atoms with Crippen molar-refractivity contribution in [1.29, 1.82) is 0 Å². The number of benzene rings is 2. The zero-order valence-electron chi connectivity index (χ0n) is 15.8. The van der Waals surface area contributed by atoms with Gasteiger partial charge in [-0.05, 0) is 67.3 Å². The molecule has 1 aliphatic rings. The van der Waals surface area contributed by atoms with Crippen LogP contribution in [-0.2, 0) is 24.8 Å². The van der Waals surface area contributed by atoms with Crippen molar-refractivity contribution in [2.24, 2.45) is 16.2 Å². The van der Waals surface area contributed by atoms with E-state index in [4.69, 9.17) is 20.7 Å². The smallest absolute Gasteiger partial charge is 0.238 e. The summed E-state index contributed by atoms with van der Waals surface area (Å²) in [5.41, 5.74) is 6.76. The highest BCUT2D eigenvalue weighted by Gasteiger charge is 2.13. The number of anilines is 2. The van der Waals surface area contributed by atoms with Crippen molar-refractivity contribution in [1.82, 2.24) is 0 Å². The number of nitrogen functional groups attached to an aromatic ring is 1. The first-order valence-electron chi connectivity index (χ1n) is 8.88. The Morgan fingerprint density at radius 3 is 1.72 bits per heavy atom. The maximum Gasteiger partial charge on any atom is 0.238 e. The number of hydrogen-bond donors (Lipinski definition) is 4. The molecule has 0 spiro atoms. The topological polar surface area (TPSA) is 168 Å². The summed E-state index contributed by atoms with van der Waals surface area (Å²) in [6.45, 7) is 2.55. The fraction of sp³-hybridized carbons (Fsp3) is 0.333. The van der Waals surface area contributed by atoms with Crippen LogP contribution in [0.3, 0.4) is 0 Å². The Morgan fingerprint density at radius 1 is 0.828 bits per heavy atom. The van der Waals surface area contributed by atoms with Gasteiger partial charge in [0, 0.05) is 31.1 Å². The van der Waals surface area contributed by atoms with Crippen molar-refractivity contribution in [3.63, 3.8) is 0 Å². The fourth-order valence-electron chi connectivity index (χ4n) is 2.63. The number of nitrogens with two attached hydrogens (primary N) is 3. The minimum Gasteiger partial charge on any atom is -0.399 e. The molecule has 2 aromatic rings. The SMILES string of the molecule is NS(=O)(=O)c1ccc(NCC2CCOCC2)cc1.Nc1ccc(S(N)(=O)=O)cc1. The van der Waals surface area contributed by atoms with Gasteiger partial charge < -0.3 is 15.8 Å². The molecule has 0 saturated carbocycles. The summed E-state index contributed by atoms with van der Waals surface area (Å²) >= 11 is 0. The van der Waals surface area contributed by atoms with Crippen LogP contribution in [0.25, 0.3) is 0 Å². The quantitative estimate of drug-likeness (QED) is 0.502. The van der Waals surface area contributed by atoms with Crippen molar-refractivity contribution < 1.29 is 21.6 Å². The van der Waals surface area contributed by atoms with E-state index in [9.17, 15) is 16.8 Å². The molecule has 0 aliphatic carbocycles. The summed E-state index contributed by atoms with van der Waals surface area (Å²) in [6.07, 6.45) is 2.14. The maximum absolute atomic E-state index is 11.1. The lowest BCUT2D eigenvalue weighted by molar-refractivity contribution is 0.0699. The van der Waals surface area contributed by atoms with E-state index >= 15 is 0 Å². The fourth-order valence-corrected chi connectivity index (χ4v) is 3.66. The van der Waals surface area contributed by atoms with Gasteiger partial charge in [-0.25, -0.2) is 27.1 Å². The molecule has 7 N–H and O–H groups in total. The zero-order chi connectivity index (χ0) is 21.5. The van der Waals surface area contributed by atoms with E-state index in [0.717, 1.165) is 38.3 Å². The molecular weight excluding hydrogens is 416 g/mol. The van der Waals surface area contributed by atoms with E-state index in [-0.39, 0.29) is 9.79 Å². The van der Waals surface area contributed by atoms with Crippen molar-refractivity contribution >= 4 is 31.4 Å². The van der Waals surface area contributed by atoms with Crippen LogP contribution in [-0.4, -0.2) is 36.6 Å². The monoisotopic (exact) mass is 442 g/mol. The number of sulfonamides is 2. The molecule has 29 heavy (non-hydrogen) atoms. The minimum absolute atomic E-state index is 0.0756. The molecule has 1 saturated heterocycles. The molecule has 9 nitrogen and oxygen atoms in total. The Morgan fingerprint density at radius 2 is 1.28 bits per heavy atom. The third-order valence-electron chi connectivity index (χ3n) is 4.33. The van der Waals surface area contributed by atoms with Gasteiger partial charge in [0.2, 0.25) is 20.0 Å². The minimum atomic E-state index is -3.60. The van der Waals surface area contributed by atoms with Gasteiger partial charge in [-0.3, -0.25) is 0 Å². The van der Waals surface area contributed by atoms with Gasteiger partial charge in [-0.15, -0.1) is 0 Å². The standard InChI is InChI=1S/C12H18N2O3S.C6H8N2O2S/c13-18(15,16)12-3-1-11(2-4-12)14-9-10-5-7-17-8-6-10;7-5-1-3-6(4-2-5)11(8,9)10/h1-4,10,14H,5-9H2,(H2,13,15,16);1-4H,7H2,(H2,8,9,10). The molecule has 0 amide bonds. The largest absolute Gasteiger partial charge is 0.399 e.